The monoisotopic (exact) mass is 407 g/mol. The van der Waals surface area contributed by atoms with E-state index in [-0.39, 0.29) is 5.97 Å². The molecule has 0 saturated carbocycles. The van der Waals surface area contributed by atoms with Gasteiger partial charge in [0.05, 0.1) is 18.9 Å². The highest BCUT2D eigenvalue weighted by Crippen LogP contribution is 2.33. The second-order valence-electron chi connectivity index (χ2n) is 5.54. The molecule has 7 nitrogen and oxygen atoms in total. The lowest BCUT2D eigenvalue weighted by atomic mass is 10.1. The third-order valence-corrected chi connectivity index (χ3v) is 3.87. The molecule has 0 radical (unpaired) electrons. The van der Waals surface area contributed by atoms with Crippen LogP contribution in [0.25, 0.3) is 5.57 Å². The molecule has 2 aromatic carbocycles. The number of para-hydroxylation sites is 2. The number of carbonyl (C=O) groups excluding carboxylic acids is 1. The van der Waals surface area contributed by atoms with E-state index < -0.39 is 0 Å². The quantitative estimate of drug-likeness (QED) is 0.209. The average Bonchev–Trinajstić information content (AvgIpc) is 3.05. The number of nitrogens with zero attached hydrogens (tertiary/aromatic N) is 3. The van der Waals surface area contributed by atoms with Gasteiger partial charge in [0.1, 0.15) is 34.6 Å². The van der Waals surface area contributed by atoms with Crippen molar-refractivity contribution in [2.45, 2.75) is 0 Å². The summed E-state index contributed by atoms with van der Waals surface area (Å²) < 4.78 is 15.2. The highest BCUT2D eigenvalue weighted by Gasteiger charge is 2.26. The van der Waals surface area contributed by atoms with Crippen LogP contribution in [0.5, 0.6) is 17.4 Å². The Kier molecular flexibility index (Phi) is 6.40. The van der Waals surface area contributed by atoms with Gasteiger partial charge in [-0.3, -0.25) is 0 Å². The van der Waals surface area contributed by atoms with Crippen molar-refractivity contribution in [1.29, 1.82) is 5.26 Å². The number of aromatic nitrogens is 2. The minimum Gasteiger partial charge on any atom is -0.503 e. The Morgan fingerprint density at radius 2 is 1.90 bits per heavy atom. The maximum Gasteiger partial charge on any atom is 0.347 e. The van der Waals surface area contributed by atoms with Crippen molar-refractivity contribution in [1.82, 2.24) is 9.97 Å². The summed E-state index contributed by atoms with van der Waals surface area (Å²) >= 11 is 5.69. The van der Waals surface area contributed by atoms with Crippen molar-refractivity contribution < 1.29 is 19.0 Å². The zero-order valence-corrected chi connectivity index (χ0v) is 16.0. The van der Waals surface area contributed by atoms with Crippen molar-refractivity contribution >= 4 is 23.1 Å². The molecule has 0 amide bonds. The van der Waals surface area contributed by atoms with Gasteiger partial charge < -0.3 is 14.2 Å². The summed E-state index contributed by atoms with van der Waals surface area (Å²) in [4.78, 5) is 18.9. The van der Waals surface area contributed by atoms with E-state index in [9.17, 15) is 4.79 Å². The Morgan fingerprint density at radius 3 is 2.66 bits per heavy atom. The van der Waals surface area contributed by atoms with Gasteiger partial charge in [0.25, 0.3) is 0 Å². The molecular formula is C21H14ClN3O4. The van der Waals surface area contributed by atoms with Crippen LogP contribution in [0.4, 0.5) is 0 Å². The van der Waals surface area contributed by atoms with Crippen LogP contribution in [0.15, 0.2) is 67.2 Å². The minimum atomic E-state index is -0.358. The minimum absolute atomic E-state index is 0.291. The Bertz CT molecular complexity index is 1110. The molecule has 29 heavy (non-hydrogen) atoms. The average molecular weight is 408 g/mol. The number of methoxy groups -OCH3 is 1. The van der Waals surface area contributed by atoms with Gasteiger partial charge in [0.15, 0.2) is 0 Å². The number of hydrogen-bond acceptors (Lipinski definition) is 7. The van der Waals surface area contributed by atoms with Crippen molar-refractivity contribution in [2.75, 3.05) is 7.11 Å². The van der Waals surface area contributed by atoms with Gasteiger partial charge in [-0.2, -0.15) is 5.26 Å². The van der Waals surface area contributed by atoms with E-state index in [1.54, 1.807) is 30.3 Å². The van der Waals surface area contributed by atoms with Gasteiger partial charge in [0, 0.05) is 11.6 Å². The zero-order valence-electron chi connectivity index (χ0n) is 15.2. The maximum absolute atomic E-state index is 11.3. The Labute approximate surface area is 171 Å². The van der Waals surface area contributed by atoms with E-state index >= 15 is 0 Å². The second-order valence-corrected chi connectivity index (χ2v) is 5.93. The van der Waals surface area contributed by atoms with Crippen LogP contribution in [0.3, 0.4) is 0 Å². The smallest absolute Gasteiger partial charge is 0.347 e. The summed E-state index contributed by atoms with van der Waals surface area (Å²) in [5, 5.41) is 9.15. The van der Waals surface area contributed by atoms with E-state index in [0.29, 0.717) is 33.7 Å². The van der Waals surface area contributed by atoms with Crippen LogP contribution >= 0.6 is 11.6 Å². The number of benzene rings is 2. The first-order valence-corrected chi connectivity index (χ1v) is 8.69. The summed E-state index contributed by atoms with van der Waals surface area (Å²) in [5.74, 6) is 0.987. The molecule has 0 atom stereocenters. The number of hydrogen-bond donors (Lipinski definition) is 0. The number of esters is 1. The molecular weight excluding hydrogens is 394 g/mol. The highest BCUT2D eigenvalue weighted by molar-refractivity contribution is 6.29. The molecule has 0 bridgehead atoms. The molecule has 3 aromatic rings. The summed E-state index contributed by atoms with van der Waals surface area (Å²) in [6, 6.07) is 17.7. The van der Waals surface area contributed by atoms with Crippen LogP contribution in [0.2, 0.25) is 5.15 Å². The number of rotatable bonds is 3. The van der Waals surface area contributed by atoms with Gasteiger partial charge >= 0.3 is 5.97 Å². The van der Waals surface area contributed by atoms with Crippen LogP contribution < -0.4 is 9.47 Å². The van der Waals surface area contributed by atoms with E-state index in [0.717, 1.165) is 5.56 Å². The Hall–Kier alpha value is -3.89. The third-order valence-electron chi connectivity index (χ3n) is 3.67. The fourth-order valence-electron chi connectivity index (χ4n) is 2.41. The molecule has 0 fully saturated rings. The molecule has 0 spiro atoms. The van der Waals surface area contributed by atoms with E-state index in [2.05, 4.69) is 9.97 Å². The summed E-state index contributed by atoms with van der Waals surface area (Å²) in [7, 11) is 1.50. The topological polar surface area (TPSA) is 94.3 Å². The molecule has 0 unspecified atom stereocenters. The molecule has 1 aliphatic rings. The molecule has 2 heterocycles. The van der Waals surface area contributed by atoms with Gasteiger partial charge in [-0.15, -0.1) is 0 Å². The maximum atomic E-state index is 11.3. The number of carbonyl (C=O) groups is 1. The van der Waals surface area contributed by atoms with Gasteiger partial charge in [0.2, 0.25) is 5.88 Å². The van der Waals surface area contributed by atoms with Gasteiger partial charge in [-0.1, -0.05) is 41.9 Å². The second kappa shape index (κ2) is 9.35. The lowest BCUT2D eigenvalue weighted by molar-refractivity contribution is -0.127. The standard InChI is InChI=1S/C11H6ClN3O.C10H8O3/c12-10-5-11(15-7-14-10)16-9-4-2-1-3-8(9)6-13;1-12-6-8-7-4-2-3-5-9(7)13-10(8)11/h1-5,7H;2-6H,1H3/b;8-6+. The van der Waals surface area contributed by atoms with E-state index in [1.807, 2.05) is 24.3 Å². The summed E-state index contributed by atoms with van der Waals surface area (Å²) in [6.07, 6.45) is 2.70. The third kappa shape index (κ3) is 4.89. The van der Waals surface area contributed by atoms with Gasteiger partial charge in [-0.25, -0.2) is 14.8 Å². The van der Waals surface area contributed by atoms with Crippen LogP contribution in [-0.4, -0.2) is 23.0 Å². The zero-order chi connectivity index (χ0) is 20.6. The number of halogens is 1. The van der Waals surface area contributed by atoms with E-state index in [1.165, 1.54) is 25.8 Å². The molecule has 0 aliphatic carbocycles. The molecule has 4 rings (SSSR count). The van der Waals surface area contributed by atoms with Crippen molar-refractivity contribution in [3.63, 3.8) is 0 Å². The van der Waals surface area contributed by atoms with Crippen LogP contribution in [0, 0.1) is 11.3 Å². The first kappa shape index (κ1) is 19.9. The Balaban J connectivity index is 0.000000169. The largest absolute Gasteiger partial charge is 0.503 e. The lowest BCUT2D eigenvalue weighted by Gasteiger charge is -2.05. The normalized spacial score (nSPS) is 12.9. The van der Waals surface area contributed by atoms with Crippen LogP contribution in [-0.2, 0) is 9.53 Å². The predicted molar refractivity (Wildman–Crippen MR) is 105 cm³/mol. The molecule has 1 aromatic heterocycles. The molecule has 144 valence electrons. The lowest BCUT2D eigenvalue weighted by Crippen LogP contribution is -2.00. The van der Waals surface area contributed by atoms with Gasteiger partial charge in [-0.05, 0) is 18.2 Å². The van der Waals surface area contributed by atoms with Crippen molar-refractivity contribution in [3.05, 3.63) is 83.5 Å². The predicted octanol–water partition coefficient (Wildman–Crippen LogP) is 4.39. The highest BCUT2D eigenvalue weighted by atomic mass is 35.5. The number of ether oxygens (including phenoxy) is 3. The number of fused-ring (bicyclic) bond motifs is 1. The number of nitriles is 1. The molecule has 1 aliphatic heterocycles. The van der Waals surface area contributed by atoms with Crippen LogP contribution in [0.1, 0.15) is 11.1 Å². The fourth-order valence-corrected chi connectivity index (χ4v) is 2.54. The summed E-state index contributed by atoms with van der Waals surface area (Å²) in [6.45, 7) is 0. The molecule has 8 heteroatoms. The molecule has 0 N–H and O–H groups in total. The van der Waals surface area contributed by atoms with Crippen molar-refractivity contribution in [3.8, 4) is 23.4 Å². The molecule has 0 saturated heterocycles. The van der Waals surface area contributed by atoms with E-state index in [4.69, 9.17) is 31.1 Å². The first-order chi connectivity index (χ1) is 14.1. The van der Waals surface area contributed by atoms with Crippen molar-refractivity contribution in [2.24, 2.45) is 0 Å². The first-order valence-electron chi connectivity index (χ1n) is 8.31. The Morgan fingerprint density at radius 1 is 1.14 bits per heavy atom. The fraction of sp³-hybridized carbons (Fsp3) is 0.0476. The summed E-state index contributed by atoms with van der Waals surface area (Å²) in [5.41, 5.74) is 1.70. The SMILES string of the molecule is CO/C=C1/C(=O)Oc2ccccc21.N#Cc1ccccc1Oc1cc(Cl)ncn1.